The molecule has 5 nitrogen and oxygen atoms in total. The number of rotatable bonds is 0. The van der Waals surface area contributed by atoms with E-state index in [2.05, 4.69) is 6.07 Å². The third-order valence-electron chi connectivity index (χ3n) is 5.19. The van der Waals surface area contributed by atoms with Gasteiger partial charge in [0.05, 0.1) is 11.6 Å². The first-order valence-electron chi connectivity index (χ1n) is 7.54. The van der Waals surface area contributed by atoms with Crippen LogP contribution in [0.4, 0.5) is 0 Å². The Labute approximate surface area is 126 Å². The molecule has 0 unspecified atom stereocenters. The van der Waals surface area contributed by atoms with Gasteiger partial charge in [-0.25, -0.2) is 0 Å². The maximum Gasteiger partial charge on any atom is 0.315 e. The second-order valence-corrected chi connectivity index (χ2v) is 6.35. The van der Waals surface area contributed by atoms with E-state index < -0.39 is 23.8 Å². The van der Waals surface area contributed by atoms with Crippen LogP contribution < -0.4 is 0 Å². The molecule has 1 aromatic carbocycles. The lowest BCUT2D eigenvalue weighted by molar-refractivity contribution is -0.193. The van der Waals surface area contributed by atoms with Gasteiger partial charge in [-0.3, -0.25) is 4.79 Å². The number of aliphatic hydroxyl groups is 2. The Kier molecular flexibility index (Phi) is 2.15. The van der Waals surface area contributed by atoms with Crippen molar-refractivity contribution in [3.63, 3.8) is 0 Å². The summed E-state index contributed by atoms with van der Waals surface area (Å²) in [5.41, 5.74) is 4.51. The van der Waals surface area contributed by atoms with Crippen molar-refractivity contribution < 1.29 is 19.7 Å². The molecular weight excluding hydrogens is 282 g/mol. The molecule has 3 atom stereocenters. The van der Waals surface area contributed by atoms with Crippen molar-refractivity contribution in [2.45, 2.75) is 31.3 Å². The predicted molar refractivity (Wildman–Crippen MR) is 76.6 cm³/mol. The molecule has 1 aromatic heterocycles. The number of aryl methyl sites for hydroxylation is 1. The number of aliphatic hydroxyl groups excluding tert-OH is 1. The molecule has 5 rings (SSSR count). The number of benzene rings is 1. The SMILES string of the molecule is O=C1O[C@]2(O)C[C@@H]1[C@@H](O)c1c2cc2n1CCc1ccccc1-2. The Hall–Kier alpha value is -2.11. The van der Waals surface area contributed by atoms with Crippen LogP contribution in [0.1, 0.15) is 29.3 Å². The average Bonchev–Trinajstić information content (AvgIpc) is 3.04. The topological polar surface area (TPSA) is 71.7 Å². The fourth-order valence-electron chi connectivity index (χ4n) is 4.14. The van der Waals surface area contributed by atoms with Gasteiger partial charge in [0.2, 0.25) is 5.79 Å². The third kappa shape index (κ3) is 1.33. The van der Waals surface area contributed by atoms with Crippen LogP contribution in [0.2, 0.25) is 0 Å². The van der Waals surface area contributed by atoms with E-state index >= 15 is 0 Å². The molecule has 5 heteroatoms. The molecule has 2 N–H and O–H groups in total. The summed E-state index contributed by atoms with van der Waals surface area (Å²) < 4.78 is 7.21. The fourth-order valence-corrected chi connectivity index (χ4v) is 4.14. The summed E-state index contributed by atoms with van der Waals surface area (Å²) in [7, 11) is 0. The molecule has 1 fully saturated rings. The molecule has 2 aromatic rings. The van der Waals surface area contributed by atoms with Crippen LogP contribution in [0.5, 0.6) is 0 Å². The van der Waals surface area contributed by atoms with Crippen LogP contribution >= 0.6 is 0 Å². The van der Waals surface area contributed by atoms with Crippen molar-refractivity contribution in [3.8, 4) is 11.3 Å². The monoisotopic (exact) mass is 297 g/mol. The normalized spacial score (nSPS) is 31.3. The minimum absolute atomic E-state index is 0.130. The summed E-state index contributed by atoms with van der Waals surface area (Å²) >= 11 is 0. The zero-order valence-corrected chi connectivity index (χ0v) is 11.8. The summed E-state index contributed by atoms with van der Waals surface area (Å²) in [4.78, 5) is 11.9. The van der Waals surface area contributed by atoms with Gasteiger partial charge < -0.3 is 19.5 Å². The second-order valence-electron chi connectivity index (χ2n) is 6.35. The highest BCUT2D eigenvalue weighted by Gasteiger charge is 2.57. The molecule has 1 saturated heterocycles. The van der Waals surface area contributed by atoms with Crippen LogP contribution in [0.15, 0.2) is 30.3 Å². The van der Waals surface area contributed by atoms with Gasteiger partial charge in [0.15, 0.2) is 0 Å². The van der Waals surface area contributed by atoms with E-state index in [1.54, 1.807) is 0 Å². The van der Waals surface area contributed by atoms with Crippen LogP contribution in [0.25, 0.3) is 11.3 Å². The molecule has 0 spiro atoms. The second kappa shape index (κ2) is 3.80. The van der Waals surface area contributed by atoms with E-state index in [4.69, 9.17) is 4.74 Å². The quantitative estimate of drug-likeness (QED) is 0.722. The fraction of sp³-hybridized carbons (Fsp3) is 0.353. The molecule has 2 bridgehead atoms. The van der Waals surface area contributed by atoms with Crippen molar-refractivity contribution >= 4 is 5.97 Å². The van der Waals surface area contributed by atoms with E-state index in [0.717, 1.165) is 24.2 Å². The number of carbonyl (C=O) groups excluding carboxylic acids is 1. The van der Waals surface area contributed by atoms with Gasteiger partial charge in [-0.15, -0.1) is 0 Å². The van der Waals surface area contributed by atoms with E-state index in [1.807, 2.05) is 28.8 Å². The van der Waals surface area contributed by atoms with E-state index in [0.29, 0.717) is 11.3 Å². The Morgan fingerprint density at radius 2 is 2.14 bits per heavy atom. The number of hydrogen-bond acceptors (Lipinski definition) is 4. The molecule has 3 heterocycles. The number of ether oxygens (including phenoxy) is 1. The Morgan fingerprint density at radius 1 is 1.32 bits per heavy atom. The molecular formula is C17H15NO4. The van der Waals surface area contributed by atoms with Crippen LogP contribution in [-0.2, 0) is 28.3 Å². The van der Waals surface area contributed by atoms with Crippen LogP contribution in [0, 0.1) is 5.92 Å². The Balaban J connectivity index is 1.79. The first-order chi connectivity index (χ1) is 10.6. The maximum absolute atomic E-state index is 11.9. The number of nitrogens with zero attached hydrogens (tertiary/aromatic N) is 1. The minimum Gasteiger partial charge on any atom is -0.428 e. The predicted octanol–water partition coefficient (Wildman–Crippen LogP) is 1.47. The first kappa shape index (κ1) is 12.4. The molecule has 0 saturated carbocycles. The highest BCUT2D eigenvalue weighted by molar-refractivity contribution is 5.79. The molecule has 3 aliphatic rings. The maximum atomic E-state index is 11.9. The van der Waals surface area contributed by atoms with Gasteiger partial charge >= 0.3 is 5.97 Å². The lowest BCUT2D eigenvalue weighted by atomic mass is 9.84. The number of carbonyl (C=O) groups is 1. The molecule has 1 aliphatic carbocycles. The molecule has 22 heavy (non-hydrogen) atoms. The van der Waals surface area contributed by atoms with Gasteiger partial charge in [-0.05, 0) is 18.1 Å². The zero-order chi connectivity index (χ0) is 15.1. The zero-order valence-electron chi connectivity index (χ0n) is 11.8. The number of hydrogen-bond donors (Lipinski definition) is 2. The van der Waals surface area contributed by atoms with Crippen LogP contribution in [0.3, 0.4) is 0 Å². The van der Waals surface area contributed by atoms with Crippen molar-refractivity contribution in [3.05, 3.63) is 47.2 Å². The summed E-state index contributed by atoms with van der Waals surface area (Å²) in [6, 6.07) is 10.0. The number of aromatic nitrogens is 1. The van der Waals surface area contributed by atoms with Crippen molar-refractivity contribution in [2.75, 3.05) is 0 Å². The number of esters is 1. The largest absolute Gasteiger partial charge is 0.428 e. The Morgan fingerprint density at radius 3 is 3.00 bits per heavy atom. The van der Waals surface area contributed by atoms with E-state index in [-0.39, 0.29) is 6.42 Å². The van der Waals surface area contributed by atoms with Crippen molar-refractivity contribution in [2.24, 2.45) is 5.92 Å². The standard InChI is InChI=1S/C17H15NO4/c19-15-11-8-17(21,22-16(11)20)12-7-13-10-4-2-1-3-9(10)5-6-18(13)14(12)15/h1-4,7,11,15,19,21H,5-6,8H2/t11-,15-,17-/m1/s1. The van der Waals surface area contributed by atoms with E-state index in [1.165, 1.54) is 5.56 Å². The number of fused-ring (bicyclic) bond motifs is 8. The minimum atomic E-state index is -1.59. The third-order valence-corrected chi connectivity index (χ3v) is 5.19. The molecule has 112 valence electrons. The lowest BCUT2D eigenvalue weighted by Gasteiger charge is -2.29. The molecule has 2 aliphatic heterocycles. The van der Waals surface area contributed by atoms with Gasteiger partial charge in [0, 0.05) is 29.8 Å². The summed E-state index contributed by atoms with van der Waals surface area (Å²) in [5.74, 6) is -2.78. The lowest BCUT2D eigenvalue weighted by Crippen LogP contribution is -2.32. The van der Waals surface area contributed by atoms with Crippen molar-refractivity contribution in [1.29, 1.82) is 0 Å². The average molecular weight is 297 g/mol. The molecule has 0 amide bonds. The Bertz CT molecular complexity index is 824. The summed E-state index contributed by atoms with van der Waals surface area (Å²) in [5, 5.41) is 21.3. The van der Waals surface area contributed by atoms with Crippen molar-refractivity contribution in [1.82, 2.24) is 4.57 Å². The van der Waals surface area contributed by atoms with Gasteiger partial charge in [-0.1, -0.05) is 24.3 Å². The highest BCUT2D eigenvalue weighted by atomic mass is 16.7. The summed E-state index contributed by atoms with van der Waals surface area (Å²) in [6.45, 7) is 0.732. The summed E-state index contributed by atoms with van der Waals surface area (Å²) in [6.07, 6.45) is 0.0873. The van der Waals surface area contributed by atoms with Gasteiger partial charge in [0.25, 0.3) is 0 Å². The van der Waals surface area contributed by atoms with Crippen LogP contribution in [-0.4, -0.2) is 20.7 Å². The van der Waals surface area contributed by atoms with Gasteiger partial charge in [-0.2, -0.15) is 0 Å². The first-order valence-corrected chi connectivity index (χ1v) is 7.54. The van der Waals surface area contributed by atoms with Gasteiger partial charge in [0.1, 0.15) is 6.10 Å². The van der Waals surface area contributed by atoms with E-state index in [9.17, 15) is 15.0 Å². The molecule has 0 radical (unpaired) electrons. The highest BCUT2D eigenvalue weighted by Crippen LogP contribution is 2.52. The smallest absolute Gasteiger partial charge is 0.315 e.